The predicted octanol–water partition coefficient (Wildman–Crippen LogP) is -0.323. The minimum absolute atomic E-state index is 0.0466. The summed E-state index contributed by atoms with van der Waals surface area (Å²) in [7, 11) is -3.93. The Kier molecular flexibility index (Phi) is 8.61. The molecule has 1 saturated heterocycles. The van der Waals surface area contributed by atoms with E-state index in [-0.39, 0.29) is 29.8 Å². The third-order valence-corrected chi connectivity index (χ3v) is 7.14. The number of hydrogen-bond donors (Lipinski definition) is 4. The number of nitrogens with two attached hydrogens (primary N) is 2. The van der Waals surface area contributed by atoms with Gasteiger partial charge in [-0.05, 0) is 35.7 Å². The maximum atomic E-state index is 13.3. The third kappa shape index (κ3) is 6.87. The lowest BCUT2D eigenvalue weighted by molar-refractivity contribution is -0.135. The lowest BCUT2D eigenvalue weighted by atomic mass is 10.1. The molecule has 1 amide bonds. The van der Waals surface area contributed by atoms with E-state index in [9.17, 15) is 13.2 Å². The first-order chi connectivity index (χ1) is 15.8. The summed E-state index contributed by atoms with van der Waals surface area (Å²) >= 11 is 0. The van der Waals surface area contributed by atoms with Gasteiger partial charge < -0.3 is 21.5 Å². The number of carbonyl (C=O) groups is 1. The maximum Gasteiger partial charge on any atom is 0.241 e. The van der Waals surface area contributed by atoms with Crippen LogP contribution in [0.15, 0.2) is 52.4 Å². The zero-order valence-corrected chi connectivity index (χ0v) is 19.4. The SMILES string of the molecule is NC(N)=NCCC[C@H](NS(=O)(=O)c1ccc2ccccc2c1)C(=O)N1CCN(CCO)CC1. The summed E-state index contributed by atoms with van der Waals surface area (Å²) in [6.45, 7) is 3.12. The minimum Gasteiger partial charge on any atom is -0.395 e. The molecule has 0 aliphatic carbocycles. The van der Waals surface area contributed by atoms with Gasteiger partial charge in [0.05, 0.1) is 11.5 Å². The van der Waals surface area contributed by atoms with Crippen molar-refractivity contribution in [3.8, 4) is 0 Å². The van der Waals surface area contributed by atoms with Gasteiger partial charge in [0.15, 0.2) is 5.96 Å². The highest BCUT2D eigenvalue weighted by molar-refractivity contribution is 7.89. The normalized spacial score (nSPS) is 16.0. The first kappa shape index (κ1) is 24.9. The van der Waals surface area contributed by atoms with E-state index in [1.165, 1.54) is 0 Å². The van der Waals surface area contributed by atoms with Crippen LogP contribution in [0.3, 0.4) is 0 Å². The number of nitrogens with one attached hydrogen (secondary N) is 1. The van der Waals surface area contributed by atoms with Crippen molar-refractivity contribution in [2.24, 2.45) is 16.5 Å². The minimum atomic E-state index is -3.93. The van der Waals surface area contributed by atoms with Gasteiger partial charge in [0.2, 0.25) is 15.9 Å². The molecule has 1 heterocycles. The van der Waals surface area contributed by atoms with Crippen molar-refractivity contribution >= 4 is 32.7 Å². The molecular weight excluding hydrogens is 444 g/mol. The second-order valence-electron chi connectivity index (χ2n) is 8.02. The Morgan fingerprint density at radius 1 is 1.09 bits per heavy atom. The van der Waals surface area contributed by atoms with Crippen molar-refractivity contribution in [3.63, 3.8) is 0 Å². The topological polar surface area (TPSA) is 154 Å². The molecule has 11 heteroatoms. The van der Waals surface area contributed by atoms with Crippen LogP contribution in [-0.2, 0) is 14.8 Å². The quantitative estimate of drug-likeness (QED) is 0.208. The molecule has 3 rings (SSSR count). The number of β-amino-alcohol motifs (C(OH)–C–C–N with tert-alkyl or cyclic N) is 1. The summed E-state index contributed by atoms with van der Waals surface area (Å²) in [6.07, 6.45) is 0.707. The summed E-state index contributed by atoms with van der Waals surface area (Å²) in [5.41, 5.74) is 10.7. The van der Waals surface area contributed by atoms with Gasteiger partial charge >= 0.3 is 0 Å². The highest BCUT2D eigenvalue weighted by atomic mass is 32.2. The predicted molar refractivity (Wildman–Crippen MR) is 128 cm³/mol. The van der Waals surface area contributed by atoms with Crippen molar-refractivity contribution in [2.75, 3.05) is 45.9 Å². The number of guanidine groups is 1. The number of amides is 1. The molecule has 6 N–H and O–H groups in total. The molecule has 0 unspecified atom stereocenters. The number of aliphatic hydroxyl groups is 1. The number of aliphatic hydroxyl groups excluding tert-OH is 1. The number of aliphatic imine (C=N–C) groups is 1. The van der Waals surface area contributed by atoms with Crippen molar-refractivity contribution < 1.29 is 18.3 Å². The van der Waals surface area contributed by atoms with Crippen LogP contribution in [0, 0.1) is 0 Å². The lowest BCUT2D eigenvalue weighted by Crippen LogP contribution is -2.55. The highest BCUT2D eigenvalue weighted by Gasteiger charge is 2.31. The Labute approximate surface area is 194 Å². The molecule has 1 atom stereocenters. The Balaban J connectivity index is 1.76. The molecule has 2 aromatic rings. The van der Waals surface area contributed by atoms with Crippen LogP contribution in [0.25, 0.3) is 10.8 Å². The van der Waals surface area contributed by atoms with Gasteiger partial charge in [-0.25, -0.2) is 8.42 Å². The Bertz CT molecular complexity index is 1080. The zero-order valence-electron chi connectivity index (χ0n) is 18.6. The zero-order chi connectivity index (χ0) is 23.8. The summed E-state index contributed by atoms with van der Waals surface area (Å²) in [5, 5.41) is 10.9. The monoisotopic (exact) mass is 476 g/mol. The summed E-state index contributed by atoms with van der Waals surface area (Å²) in [5.74, 6) is -0.317. The number of sulfonamides is 1. The molecule has 0 spiro atoms. The van der Waals surface area contributed by atoms with Crippen molar-refractivity contribution in [2.45, 2.75) is 23.8 Å². The van der Waals surface area contributed by atoms with Crippen LogP contribution in [0.4, 0.5) is 0 Å². The number of hydrogen-bond acceptors (Lipinski definition) is 6. The molecule has 180 valence electrons. The molecule has 10 nitrogen and oxygen atoms in total. The molecular formula is C22H32N6O4S. The van der Waals surface area contributed by atoms with E-state index < -0.39 is 16.1 Å². The van der Waals surface area contributed by atoms with E-state index in [4.69, 9.17) is 16.6 Å². The average molecular weight is 477 g/mol. The molecule has 0 radical (unpaired) electrons. The van der Waals surface area contributed by atoms with Gasteiger partial charge in [-0.1, -0.05) is 30.3 Å². The van der Waals surface area contributed by atoms with Gasteiger partial charge in [-0.3, -0.25) is 14.7 Å². The van der Waals surface area contributed by atoms with Gasteiger partial charge in [0, 0.05) is 39.3 Å². The molecule has 0 saturated carbocycles. The van der Waals surface area contributed by atoms with E-state index >= 15 is 0 Å². The smallest absolute Gasteiger partial charge is 0.241 e. The second-order valence-corrected chi connectivity index (χ2v) is 9.74. The number of rotatable bonds is 10. The average Bonchev–Trinajstić information content (AvgIpc) is 2.80. The van der Waals surface area contributed by atoms with Crippen LogP contribution in [-0.4, -0.2) is 87.1 Å². The van der Waals surface area contributed by atoms with Crippen LogP contribution < -0.4 is 16.2 Å². The molecule has 1 aliphatic rings. The van der Waals surface area contributed by atoms with Gasteiger partial charge in [-0.15, -0.1) is 0 Å². The summed E-state index contributed by atoms with van der Waals surface area (Å²) < 4.78 is 28.9. The van der Waals surface area contributed by atoms with Crippen molar-refractivity contribution in [3.05, 3.63) is 42.5 Å². The molecule has 0 aromatic heterocycles. The Morgan fingerprint density at radius 3 is 2.45 bits per heavy atom. The fraction of sp³-hybridized carbons (Fsp3) is 0.455. The highest BCUT2D eigenvalue weighted by Crippen LogP contribution is 2.20. The standard InChI is InChI=1S/C22H32N6O4S/c23-22(24)25-9-3-6-20(21(30)28-12-10-27(11-13-28)14-15-29)26-33(31,32)19-8-7-17-4-1-2-5-18(17)16-19/h1-2,4-5,7-8,16,20,26,29H,3,6,9-15H2,(H4,23,24,25)/t20-/m0/s1. The van der Waals surface area contributed by atoms with E-state index in [1.807, 2.05) is 24.3 Å². The van der Waals surface area contributed by atoms with Crippen LogP contribution in [0.1, 0.15) is 12.8 Å². The Morgan fingerprint density at radius 2 is 1.79 bits per heavy atom. The number of benzene rings is 2. The number of piperazine rings is 1. The van der Waals surface area contributed by atoms with E-state index in [1.54, 1.807) is 23.1 Å². The summed E-state index contributed by atoms with van der Waals surface area (Å²) in [6, 6.07) is 11.5. The number of nitrogens with zero attached hydrogens (tertiary/aromatic N) is 3. The van der Waals surface area contributed by atoms with E-state index in [2.05, 4.69) is 14.6 Å². The molecule has 2 aromatic carbocycles. The number of carbonyl (C=O) groups excluding carboxylic acids is 1. The van der Waals surface area contributed by atoms with Gasteiger partial charge in [0.1, 0.15) is 6.04 Å². The first-order valence-corrected chi connectivity index (χ1v) is 12.5. The van der Waals surface area contributed by atoms with E-state index in [0.29, 0.717) is 45.7 Å². The fourth-order valence-corrected chi connectivity index (χ4v) is 5.14. The van der Waals surface area contributed by atoms with Crippen molar-refractivity contribution in [1.29, 1.82) is 0 Å². The fourth-order valence-electron chi connectivity index (χ4n) is 3.88. The largest absolute Gasteiger partial charge is 0.395 e. The lowest BCUT2D eigenvalue weighted by Gasteiger charge is -2.36. The van der Waals surface area contributed by atoms with E-state index in [0.717, 1.165) is 10.8 Å². The third-order valence-electron chi connectivity index (χ3n) is 5.67. The van der Waals surface area contributed by atoms with Crippen molar-refractivity contribution in [1.82, 2.24) is 14.5 Å². The van der Waals surface area contributed by atoms with Crippen LogP contribution >= 0.6 is 0 Å². The Hall–Kier alpha value is -2.73. The molecule has 33 heavy (non-hydrogen) atoms. The van der Waals surface area contributed by atoms with Crippen LogP contribution in [0.5, 0.6) is 0 Å². The molecule has 1 fully saturated rings. The van der Waals surface area contributed by atoms with Gasteiger partial charge in [0.25, 0.3) is 0 Å². The second kappa shape index (κ2) is 11.4. The first-order valence-electron chi connectivity index (χ1n) is 11.0. The molecule has 1 aliphatic heterocycles. The molecule has 0 bridgehead atoms. The number of fused-ring (bicyclic) bond motifs is 1. The van der Waals surface area contributed by atoms with Gasteiger partial charge in [-0.2, -0.15) is 4.72 Å². The summed E-state index contributed by atoms with van der Waals surface area (Å²) in [4.78, 5) is 21.0. The van der Waals surface area contributed by atoms with Crippen LogP contribution in [0.2, 0.25) is 0 Å². The maximum absolute atomic E-state index is 13.3.